The van der Waals surface area contributed by atoms with Crippen molar-refractivity contribution in [1.29, 1.82) is 0 Å². The smallest absolute Gasteiger partial charge is 0.00966 e. The fourth-order valence-corrected chi connectivity index (χ4v) is 5.01. The van der Waals surface area contributed by atoms with E-state index in [1.54, 1.807) is 0 Å². The molecule has 2 aliphatic carbocycles. The third kappa shape index (κ3) is 7.21. The van der Waals surface area contributed by atoms with Crippen LogP contribution in [0.3, 0.4) is 0 Å². The van der Waals surface area contributed by atoms with Crippen molar-refractivity contribution in [1.82, 2.24) is 10.2 Å². The van der Waals surface area contributed by atoms with Crippen LogP contribution in [0, 0.1) is 23.2 Å². The van der Waals surface area contributed by atoms with Crippen molar-refractivity contribution in [3.63, 3.8) is 0 Å². The van der Waals surface area contributed by atoms with E-state index < -0.39 is 0 Å². The molecule has 2 heteroatoms. The normalized spacial score (nSPS) is 32.2. The minimum absolute atomic E-state index is 0.263. The van der Waals surface area contributed by atoms with E-state index in [-0.39, 0.29) is 5.54 Å². The minimum atomic E-state index is 0.263. The highest BCUT2D eigenvalue weighted by Gasteiger charge is 2.31. The van der Waals surface area contributed by atoms with E-state index in [1.165, 1.54) is 64.5 Å². The molecule has 0 amide bonds. The Hall–Kier alpha value is -0.0800. The maximum atomic E-state index is 3.70. The number of nitrogens with one attached hydrogen (secondary N) is 1. The first-order valence-electron chi connectivity index (χ1n) is 11.0. The number of rotatable bonds is 5. The molecule has 2 saturated carbocycles. The van der Waals surface area contributed by atoms with E-state index in [4.69, 9.17) is 0 Å². The topological polar surface area (TPSA) is 15.3 Å². The van der Waals surface area contributed by atoms with Crippen molar-refractivity contribution in [3.05, 3.63) is 0 Å². The van der Waals surface area contributed by atoms with E-state index in [1.807, 2.05) is 0 Å². The highest BCUT2D eigenvalue weighted by atomic mass is 15.1. The Bertz CT molecular complexity index is 374. The molecule has 1 N–H and O–H groups in total. The summed E-state index contributed by atoms with van der Waals surface area (Å²) in [6, 6.07) is 0.839. The van der Waals surface area contributed by atoms with Crippen molar-refractivity contribution < 1.29 is 0 Å². The molecular formula is C23H46N2. The second-order valence-corrected chi connectivity index (χ2v) is 11.3. The van der Waals surface area contributed by atoms with Crippen LogP contribution in [0.15, 0.2) is 0 Å². The predicted molar refractivity (Wildman–Crippen MR) is 111 cm³/mol. The van der Waals surface area contributed by atoms with Gasteiger partial charge in [-0.25, -0.2) is 0 Å². The fraction of sp³-hybridized carbons (Fsp3) is 1.00. The fourth-order valence-electron chi connectivity index (χ4n) is 5.01. The molecule has 0 bridgehead atoms. The maximum Gasteiger partial charge on any atom is 0.00966 e. The Morgan fingerprint density at radius 1 is 0.760 bits per heavy atom. The zero-order valence-electron chi connectivity index (χ0n) is 18.3. The highest BCUT2D eigenvalue weighted by Crippen LogP contribution is 2.40. The van der Waals surface area contributed by atoms with Gasteiger partial charge in [0.15, 0.2) is 0 Å². The summed E-state index contributed by atoms with van der Waals surface area (Å²) in [7, 11) is 2.40. The van der Waals surface area contributed by atoms with E-state index in [0.717, 1.165) is 23.8 Å². The van der Waals surface area contributed by atoms with Gasteiger partial charge in [-0.2, -0.15) is 0 Å². The van der Waals surface area contributed by atoms with Crippen LogP contribution in [0.25, 0.3) is 0 Å². The quantitative estimate of drug-likeness (QED) is 0.682. The summed E-state index contributed by atoms with van der Waals surface area (Å²) < 4.78 is 0. The molecule has 0 aromatic rings. The molecule has 2 fully saturated rings. The van der Waals surface area contributed by atoms with Gasteiger partial charge in [0, 0.05) is 18.1 Å². The lowest BCUT2D eigenvalue weighted by Crippen LogP contribution is -2.43. The maximum absolute atomic E-state index is 3.70. The molecule has 2 nitrogen and oxygen atoms in total. The predicted octanol–water partition coefficient (Wildman–Crippen LogP) is 5.72. The molecule has 0 aromatic heterocycles. The lowest BCUT2D eigenvalue weighted by Gasteiger charge is -2.40. The number of hydrogen-bond donors (Lipinski definition) is 1. The van der Waals surface area contributed by atoms with Gasteiger partial charge in [0.1, 0.15) is 0 Å². The van der Waals surface area contributed by atoms with Crippen LogP contribution in [-0.2, 0) is 0 Å². The van der Waals surface area contributed by atoms with Gasteiger partial charge in [0.05, 0.1) is 0 Å². The molecule has 0 spiro atoms. The zero-order valence-corrected chi connectivity index (χ0v) is 18.3. The molecular weight excluding hydrogens is 304 g/mol. The molecule has 0 heterocycles. The van der Waals surface area contributed by atoms with Gasteiger partial charge in [0.2, 0.25) is 0 Å². The Labute approximate surface area is 158 Å². The first kappa shape index (κ1) is 21.2. The molecule has 148 valence electrons. The summed E-state index contributed by atoms with van der Waals surface area (Å²) in [5.74, 6) is 2.79. The standard InChI is InChI=1S/C23H46N2/c1-22(2,3)20-12-8-19(9-13-20)17-25(7)21-14-10-18(11-15-21)16-24-23(4,5)6/h18-21,24H,8-17H2,1-7H3. The zero-order chi connectivity index (χ0) is 18.7. The van der Waals surface area contributed by atoms with Crippen LogP contribution in [0.5, 0.6) is 0 Å². The molecule has 2 rings (SSSR count). The lowest BCUT2D eigenvalue weighted by atomic mass is 9.69. The van der Waals surface area contributed by atoms with Gasteiger partial charge in [-0.15, -0.1) is 0 Å². The van der Waals surface area contributed by atoms with Crippen molar-refractivity contribution >= 4 is 0 Å². The second kappa shape index (κ2) is 8.74. The lowest BCUT2D eigenvalue weighted by molar-refractivity contribution is 0.101. The van der Waals surface area contributed by atoms with Crippen LogP contribution in [0.2, 0.25) is 0 Å². The SMILES string of the molecule is CN(CC1CCC(C(C)(C)C)CC1)C1CCC(CNC(C)(C)C)CC1. The average molecular weight is 351 g/mol. The van der Waals surface area contributed by atoms with Gasteiger partial charge in [-0.3, -0.25) is 0 Å². The second-order valence-electron chi connectivity index (χ2n) is 11.3. The summed E-state index contributed by atoms with van der Waals surface area (Å²) in [6.07, 6.45) is 11.5. The summed E-state index contributed by atoms with van der Waals surface area (Å²) >= 11 is 0. The summed E-state index contributed by atoms with van der Waals surface area (Å²) in [4.78, 5) is 2.72. The van der Waals surface area contributed by atoms with E-state index >= 15 is 0 Å². The Morgan fingerprint density at radius 2 is 1.28 bits per heavy atom. The minimum Gasteiger partial charge on any atom is -0.312 e. The van der Waals surface area contributed by atoms with Crippen molar-refractivity contribution in [2.75, 3.05) is 20.1 Å². The molecule has 2 aliphatic rings. The highest BCUT2D eigenvalue weighted by molar-refractivity contribution is 4.85. The van der Waals surface area contributed by atoms with Crippen molar-refractivity contribution in [2.24, 2.45) is 23.2 Å². The Kier molecular flexibility index (Phi) is 7.42. The van der Waals surface area contributed by atoms with Crippen LogP contribution in [0.1, 0.15) is 92.9 Å². The monoisotopic (exact) mass is 350 g/mol. The van der Waals surface area contributed by atoms with Gasteiger partial charge in [0.25, 0.3) is 0 Å². The molecule has 0 aliphatic heterocycles. The Balaban J connectivity index is 1.67. The third-order valence-corrected chi connectivity index (χ3v) is 6.98. The molecule has 25 heavy (non-hydrogen) atoms. The summed E-state index contributed by atoms with van der Waals surface area (Å²) in [6.45, 7) is 16.7. The van der Waals surface area contributed by atoms with Crippen molar-refractivity contribution in [3.8, 4) is 0 Å². The molecule has 0 atom stereocenters. The van der Waals surface area contributed by atoms with Gasteiger partial charge in [-0.05, 0) is 109 Å². The summed E-state index contributed by atoms with van der Waals surface area (Å²) in [5, 5.41) is 3.70. The van der Waals surface area contributed by atoms with E-state index in [0.29, 0.717) is 5.41 Å². The summed E-state index contributed by atoms with van der Waals surface area (Å²) in [5.41, 5.74) is 0.774. The first-order valence-corrected chi connectivity index (χ1v) is 11.0. The molecule has 0 saturated heterocycles. The van der Waals surface area contributed by atoms with Gasteiger partial charge < -0.3 is 10.2 Å². The molecule has 0 aromatic carbocycles. The van der Waals surface area contributed by atoms with Gasteiger partial charge >= 0.3 is 0 Å². The Morgan fingerprint density at radius 3 is 1.76 bits per heavy atom. The van der Waals surface area contributed by atoms with E-state index in [9.17, 15) is 0 Å². The first-order chi connectivity index (χ1) is 11.5. The largest absolute Gasteiger partial charge is 0.312 e. The van der Waals surface area contributed by atoms with Crippen LogP contribution < -0.4 is 5.32 Å². The average Bonchev–Trinajstić information content (AvgIpc) is 2.52. The van der Waals surface area contributed by atoms with Crippen LogP contribution >= 0.6 is 0 Å². The number of hydrogen-bond acceptors (Lipinski definition) is 2. The van der Waals surface area contributed by atoms with Gasteiger partial charge in [-0.1, -0.05) is 20.8 Å². The molecule has 0 radical (unpaired) electrons. The van der Waals surface area contributed by atoms with Crippen LogP contribution in [-0.4, -0.2) is 36.6 Å². The van der Waals surface area contributed by atoms with Crippen molar-refractivity contribution in [2.45, 2.75) is 104 Å². The van der Waals surface area contributed by atoms with E-state index in [2.05, 4.69) is 58.8 Å². The number of nitrogens with zero attached hydrogens (tertiary/aromatic N) is 1. The molecule has 0 unspecified atom stereocenters. The third-order valence-electron chi connectivity index (χ3n) is 6.98. The van der Waals surface area contributed by atoms with Crippen LogP contribution in [0.4, 0.5) is 0 Å².